The molecular weight excluding hydrogens is 621 g/mol. The number of aromatic nitrogens is 2. The molecule has 5 N–H and O–H groups in total. The molecule has 12 heteroatoms. The molecule has 2 amide bonds. The highest BCUT2D eigenvalue weighted by atomic mass is 35.5. The standard InChI is InChI=1S/C35H41ClFN7O3/c1-20-6-7-22(17-39-21(2)45)14-27(20)23-15-31-32(41-25-9-11-26(12-10-25)42-34(46)47-35(3,4)5)28(18-40-44(31)19-23)33(38)43-30-16-24(37)8-13-29(30)36/h6-8,13-16,18-19,25-26,41H,9-12,17H2,1-5H3,(H2,38,43)(H,39,45)(H,42,46). The SMILES string of the molecule is CC(=O)NCc1ccc(C)c(-c2cc3c(NC4CCC(NC(=O)OC(C)(C)C)CC4)c(C(N)=Nc4cc(F)ccc4Cl)cnn3c2)c1. The van der Waals surface area contributed by atoms with Crippen LogP contribution in [0.25, 0.3) is 16.6 Å². The van der Waals surface area contributed by atoms with E-state index in [0.29, 0.717) is 12.1 Å². The Kier molecular flexibility index (Phi) is 10.0. The van der Waals surface area contributed by atoms with Gasteiger partial charge in [-0.05, 0) is 94.3 Å². The summed E-state index contributed by atoms with van der Waals surface area (Å²) in [4.78, 5) is 28.4. The molecule has 47 heavy (non-hydrogen) atoms. The van der Waals surface area contributed by atoms with Crippen LogP contribution in [0.3, 0.4) is 0 Å². The van der Waals surface area contributed by atoms with Gasteiger partial charge in [0, 0.05) is 43.4 Å². The smallest absolute Gasteiger partial charge is 0.407 e. The molecular formula is C35H41ClFN7O3. The molecule has 2 aromatic carbocycles. The fourth-order valence-corrected chi connectivity index (χ4v) is 5.85. The summed E-state index contributed by atoms with van der Waals surface area (Å²) in [7, 11) is 0. The van der Waals surface area contributed by atoms with E-state index in [9.17, 15) is 14.0 Å². The van der Waals surface area contributed by atoms with Crippen molar-refractivity contribution in [2.75, 3.05) is 5.32 Å². The number of anilines is 1. The number of aryl methyl sites for hydroxylation is 1. The largest absolute Gasteiger partial charge is 0.444 e. The van der Waals surface area contributed by atoms with Crippen LogP contribution in [0, 0.1) is 12.7 Å². The van der Waals surface area contributed by atoms with E-state index in [1.807, 2.05) is 52.1 Å². The summed E-state index contributed by atoms with van der Waals surface area (Å²) in [6.07, 6.45) is 6.29. The quantitative estimate of drug-likeness (QED) is 0.118. The third-order valence-electron chi connectivity index (χ3n) is 8.01. The number of nitrogens with two attached hydrogens (primary N) is 1. The fraction of sp³-hybridized carbons (Fsp3) is 0.371. The van der Waals surface area contributed by atoms with Crippen molar-refractivity contribution in [3.8, 4) is 11.1 Å². The van der Waals surface area contributed by atoms with Crippen LogP contribution in [0.2, 0.25) is 5.02 Å². The first-order chi connectivity index (χ1) is 22.3. The van der Waals surface area contributed by atoms with Crippen molar-refractivity contribution in [2.45, 2.75) is 84.5 Å². The van der Waals surface area contributed by atoms with Gasteiger partial charge in [0.05, 0.1) is 33.7 Å². The van der Waals surface area contributed by atoms with Crippen LogP contribution in [0.15, 0.2) is 59.9 Å². The summed E-state index contributed by atoms with van der Waals surface area (Å²) in [6, 6.07) is 12.2. The number of carbonyl (C=O) groups excluding carboxylic acids is 2. The number of amides is 2. The Labute approximate surface area is 278 Å². The molecule has 1 saturated carbocycles. The van der Waals surface area contributed by atoms with Crippen molar-refractivity contribution in [1.29, 1.82) is 0 Å². The van der Waals surface area contributed by atoms with E-state index < -0.39 is 17.5 Å². The minimum Gasteiger partial charge on any atom is -0.444 e. The van der Waals surface area contributed by atoms with Crippen molar-refractivity contribution in [1.82, 2.24) is 20.2 Å². The lowest BCUT2D eigenvalue weighted by molar-refractivity contribution is -0.119. The fourth-order valence-electron chi connectivity index (χ4n) is 5.69. The van der Waals surface area contributed by atoms with Crippen molar-refractivity contribution >= 4 is 46.3 Å². The van der Waals surface area contributed by atoms with Gasteiger partial charge in [0.15, 0.2) is 0 Å². The molecule has 1 aliphatic carbocycles. The Morgan fingerprint density at radius 1 is 1.11 bits per heavy atom. The van der Waals surface area contributed by atoms with Gasteiger partial charge in [-0.2, -0.15) is 5.10 Å². The number of nitrogens with one attached hydrogen (secondary N) is 3. The van der Waals surface area contributed by atoms with Gasteiger partial charge in [0.25, 0.3) is 0 Å². The van der Waals surface area contributed by atoms with Gasteiger partial charge >= 0.3 is 6.09 Å². The van der Waals surface area contributed by atoms with E-state index in [0.717, 1.165) is 59.1 Å². The van der Waals surface area contributed by atoms with Crippen LogP contribution in [-0.4, -0.2) is 45.1 Å². The zero-order valence-electron chi connectivity index (χ0n) is 27.3. The summed E-state index contributed by atoms with van der Waals surface area (Å²) in [5.41, 5.74) is 12.3. The molecule has 0 unspecified atom stereocenters. The minimum atomic E-state index is -0.565. The van der Waals surface area contributed by atoms with Gasteiger partial charge < -0.3 is 26.4 Å². The van der Waals surface area contributed by atoms with Crippen LogP contribution < -0.4 is 21.7 Å². The summed E-state index contributed by atoms with van der Waals surface area (Å²) in [5, 5.41) is 14.5. The summed E-state index contributed by atoms with van der Waals surface area (Å²) < 4.78 is 21.3. The summed E-state index contributed by atoms with van der Waals surface area (Å²) >= 11 is 6.31. The van der Waals surface area contributed by atoms with Crippen LogP contribution in [-0.2, 0) is 16.1 Å². The number of hydrogen-bond acceptors (Lipinski definition) is 6. The second kappa shape index (κ2) is 14.0. The van der Waals surface area contributed by atoms with E-state index in [2.05, 4.69) is 32.1 Å². The molecule has 0 radical (unpaired) electrons. The minimum absolute atomic E-state index is 0.00854. The van der Waals surface area contributed by atoms with E-state index in [1.54, 1.807) is 10.7 Å². The molecule has 0 aliphatic heterocycles. The number of alkyl carbamates (subject to hydrolysis) is 1. The normalized spacial score (nSPS) is 17.0. The highest BCUT2D eigenvalue weighted by molar-refractivity contribution is 6.33. The maximum Gasteiger partial charge on any atom is 0.407 e. The van der Waals surface area contributed by atoms with Gasteiger partial charge in [0.2, 0.25) is 5.91 Å². The van der Waals surface area contributed by atoms with E-state index in [1.165, 1.54) is 25.1 Å². The summed E-state index contributed by atoms with van der Waals surface area (Å²) in [5.74, 6) is -0.439. The third kappa shape index (κ3) is 8.59. The van der Waals surface area contributed by atoms with E-state index in [-0.39, 0.29) is 34.5 Å². The lowest BCUT2D eigenvalue weighted by Gasteiger charge is -2.31. The number of fused-ring (bicyclic) bond motifs is 1. The van der Waals surface area contributed by atoms with Gasteiger partial charge in [-0.3, -0.25) is 4.79 Å². The zero-order valence-corrected chi connectivity index (χ0v) is 28.0. The number of amidine groups is 1. The predicted molar refractivity (Wildman–Crippen MR) is 184 cm³/mol. The molecule has 2 aromatic heterocycles. The Morgan fingerprint density at radius 2 is 1.83 bits per heavy atom. The van der Waals surface area contributed by atoms with Gasteiger partial charge in [0.1, 0.15) is 17.3 Å². The van der Waals surface area contributed by atoms with Gasteiger partial charge in [-0.15, -0.1) is 0 Å². The van der Waals surface area contributed by atoms with Crippen molar-refractivity contribution in [3.63, 3.8) is 0 Å². The number of nitrogens with zero attached hydrogens (tertiary/aromatic N) is 3. The van der Waals surface area contributed by atoms with Crippen LogP contribution in [0.1, 0.15) is 70.1 Å². The molecule has 1 fully saturated rings. The number of hydrogen-bond donors (Lipinski definition) is 4. The molecule has 248 valence electrons. The lowest BCUT2D eigenvalue weighted by Crippen LogP contribution is -2.42. The monoisotopic (exact) mass is 661 g/mol. The average Bonchev–Trinajstić information content (AvgIpc) is 3.43. The predicted octanol–water partition coefficient (Wildman–Crippen LogP) is 7.02. The Hall–Kier alpha value is -4.64. The van der Waals surface area contributed by atoms with Crippen molar-refractivity contribution in [2.24, 2.45) is 10.7 Å². The molecule has 0 saturated heterocycles. The topological polar surface area (TPSA) is 135 Å². The first-order valence-corrected chi connectivity index (χ1v) is 16.0. The molecule has 2 heterocycles. The Balaban J connectivity index is 1.48. The van der Waals surface area contributed by atoms with Crippen LogP contribution in [0.4, 0.5) is 20.6 Å². The van der Waals surface area contributed by atoms with E-state index >= 15 is 0 Å². The van der Waals surface area contributed by atoms with Crippen molar-refractivity contribution < 1.29 is 18.7 Å². The number of benzene rings is 2. The highest BCUT2D eigenvalue weighted by Gasteiger charge is 2.26. The lowest BCUT2D eigenvalue weighted by atomic mass is 9.91. The zero-order chi connectivity index (χ0) is 33.9. The molecule has 4 aromatic rings. The molecule has 10 nitrogen and oxygen atoms in total. The van der Waals surface area contributed by atoms with Gasteiger partial charge in [-0.25, -0.2) is 18.7 Å². The number of carbonyl (C=O) groups is 2. The highest BCUT2D eigenvalue weighted by Crippen LogP contribution is 2.34. The molecule has 1 aliphatic rings. The number of halogens is 2. The molecule has 0 bridgehead atoms. The molecule has 0 atom stereocenters. The summed E-state index contributed by atoms with van der Waals surface area (Å²) in [6.45, 7) is 9.48. The molecule has 0 spiro atoms. The number of ether oxygens (including phenoxy) is 1. The average molecular weight is 662 g/mol. The van der Waals surface area contributed by atoms with Crippen LogP contribution in [0.5, 0.6) is 0 Å². The first-order valence-electron chi connectivity index (χ1n) is 15.7. The Bertz CT molecular complexity index is 1820. The van der Waals surface area contributed by atoms with Crippen molar-refractivity contribution in [3.05, 3.63) is 82.4 Å². The van der Waals surface area contributed by atoms with Crippen LogP contribution >= 0.6 is 11.6 Å². The second-order valence-corrected chi connectivity index (χ2v) is 13.4. The second-order valence-electron chi connectivity index (χ2n) is 13.0. The van der Waals surface area contributed by atoms with Gasteiger partial charge in [-0.1, -0.05) is 23.7 Å². The number of aliphatic imine (C=N–C) groups is 1. The Morgan fingerprint density at radius 3 is 2.53 bits per heavy atom. The first kappa shape index (κ1) is 33.7. The maximum atomic E-state index is 14.0. The van der Waals surface area contributed by atoms with E-state index in [4.69, 9.17) is 22.1 Å². The third-order valence-corrected chi connectivity index (χ3v) is 8.33. The number of rotatable bonds is 8. The maximum absolute atomic E-state index is 14.0. The molecule has 5 rings (SSSR count).